The summed E-state index contributed by atoms with van der Waals surface area (Å²) in [6, 6.07) is 0. The normalized spacial score (nSPS) is 32.1. The van der Waals surface area contributed by atoms with Crippen LogP contribution in [0.25, 0.3) is 0 Å². The van der Waals surface area contributed by atoms with E-state index in [1.165, 1.54) is 12.8 Å². The van der Waals surface area contributed by atoms with E-state index in [1.54, 1.807) is 0 Å². The summed E-state index contributed by atoms with van der Waals surface area (Å²) in [4.78, 5) is 2.33. The van der Waals surface area contributed by atoms with Gasteiger partial charge in [0.2, 0.25) is 0 Å². The highest BCUT2D eigenvalue weighted by atomic mass is 16.5. The van der Waals surface area contributed by atoms with E-state index in [2.05, 4.69) is 17.3 Å². The van der Waals surface area contributed by atoms with Crippen molar-refractivity contribution in [3.63, 3.8) is 0 Å². The van der Waals surface area contributed by atoms with Gasteiger partial charge in [-0.25, -0.2) is 0 Å². The Bertz CT molecular complexity index is 195. The Hall–Kier alpha value is -0.160. The first kappa shape index (κ1) is 12.3. The number of hydrogen-bond donors (Lipinski definition) is 1. The van der Waals surface area contributed by atoms with Crippen LogP contribution < -0.4 is 5.32 Å². The fraction of sp³-hybridized carbons (Fsp3) is 1.00. The molecular formula is C12H24N2O2. The number of morpholine rings is 1. The van der Waals surface area contributed by atoms with Crippen molar-refractivity contribution in [2.45, 2.75) is 18.9 Å². The summed E-state index contributed by atoms with van der Waals surface area (Å²) in [7, 11) is 2.16. The quantitative estimate of drug-likeness (QED) is 0.688. The van der Waals surface area contributed by atoms with Crippen molar-refractivity contribution >= 4 is 0 Å². The SMILES string of the molecule is CN1CCOC(CNCCC2CCOC2)C1. The third-order valence-electron chi connectivity index (χ3n) is 3.47. The number of nitrogens with zero attached hydrogens (tertiary/aromatic N) is 1. The lowest BCUT2D eigenvalue weighted by atomic mass is 10.1. The van der Waals surface area contributed by atoms with Crippen molar-refractivity contribution in [3.8, 4) is 0 Å². The van der Waals surface area contributed by atoms with Gasteiger partial charge in [0.1, 0.15) is 0 Å². The van der Waals surface area contributed by atoms with E-state index in [1.807, 2.05) is 0 Å². The second-order valence-corrected chi connectivity index (χ2v) is 4.98. The molecule has 0 spiro atoms. The van der Waals surface area contributed by atoms with Gasteiger partial charge >= 0.3 is 0 Å². The molecule has 0 aromatic carbocycles. The van der Waals surface area contributed by atoms with Gasteiger partial charge in [-0.3, -0.25) is 0 Å². The molecule has 4 nitrogen and oxygen atoms in total. The van der Waals surface area contributed by atoms with Crippen LogP contribution >= 0.6 is 0 Å². The summed E-state index contributed by atoms with van der Waals surface area (Å²) in [5.41, 5.74) is 0. The van der Waals surface area contributed by atoms with Crippen LogP contribution in [0.4, 0.5) is 0 Å². The number of likely N-dealkylation sites (N-methyl/N-ethyl adjacent to an activating group) is 1. The molecule has 0 saturated carbocycles. The van der Waals surface area contributed by atoms with Gasteiger partial charge in [0.15, 0.2) is 0 Å². The molecule has 2 aliphatic heterocycles. The Morgan fingerprint density at radius 3 is 3.06 bits per heavy atom. The van der Waals surface area contributed by atoms with E-state index in [4.69, 9.17) is 9.47 Å². The molecule has 0 aliphatic carbocycles. The van der Waals surface area contributed by atoms with Crippen LogP contribution in [-0.4, -0.2) is 64.1 Å². The molecular weight excluding hydrogens is 204 g/mol. The van der Waals surface area contributed by atoms with Gasteiger partial charge in [-0.05, 0) is 32.4 Å². The zero-order chi connectivity index (χ0) is 11.2. The van der Waals surface area contributed by atoms with Gasteiger partial charge in [-0.2, -0.15) is 0 Å². The summed E-state index contributed by atoms with van der Waals surface area (Å²) in [6.07, 6.45) is 2.85. The van der Waals surface area contributed by atoms with Crippen LogP contribution in [0.5, 0.6) is 0 Å². The van der Waals surface area contributed by atoms with E-state index in [9.17, 15) is 0 Å². The minimum atomic E-state index is 0.374. The molecule has 4 heteroatoms. The summed E-state index contributed by atoms with van der Waals surface area (Å²) in [5.74, 6) is 0.780. The fourth-order valence-electron chi connectivity index (χ4n) is 2.37. The summed E-state index contributed by atoms with van der Waals surface area (Å²) in [5, 5.41) is 3.50. The van der Waals surface area contributed by atoms with Crippen molar-refractivity contribution < 1.29 is 9.47 Å². The molecule has 2 saturated heterocycles. The van der Waals surface area contributed by atoms with Gasteiger partial charge < -0.3 is 19.7 Å². The van der Waals surface area contributed by atoms with Crippen molar-refractivity contribution in [3.05, 3.63) is 0 Å². The lowest BCUT2D eigenvalue weighted by Gasteiger charge is -2.30. The van der Waals surface area contributed by atoms with Crippen LogP contribution in [0, 0.1) is 5.92 Å². The Balaban J connectivity index is 1.50. The molecule has 2 unspecified atom stereocenters. The van der Waals surface area contributed by atoms with Crippen LogP contribution in [0.1, 0.15) is 12.8 Å². The number of hydrogen-bond acceptors (Lipinski definition) is 4. The van der Waals surface area contributed by atoms with Crippen molar-refractivity contribution in [2.24, 2.45) is 5.92 Å². The molecule has 94 valence electrons. The lowest BCUT2D eigenvalue weighted by molar-refractivity contribution is -0.0181. The highest BCUT2D eigenvalue weighted by Crippen LogP contribution is 2.15. The molecule has 2 rings (SSSR count). The molecule has 2 heterocycles. The summed E-state index contributed by atoms with van der Waals surface area (Å²) in [6.45, 7) is 7.00. The lowest BCUT2D eigenvalue weighted by Crippen LogP contribution is -2.45. The highest BCUT2D eigenvalue weighted by Gasteiger charge is 2.18. The molecule has 0 aromatic heterocycles. The minimum absolute atomic E-state index is 0.374. The molecule has 2 aliphatic rings. The first-order valence-corrected chi connectivity index (χ1v) is 6.43. The zero-order valence-electron chi connectivity index (χ0n) is 10.3. The average Bonchev–Trinajstić information content (AvgIpc) is 2.77. The third kappa shape index (κ3) is 4.01. The smallest absolute Gasteiger partial charge is 0.0826 e. The molecule has 0 aromatic rings. The highest BCUT2D eigenvalue weighted by molar-refractivity contribution is 4.72. The maximum atomic E-state index is 5.69. The number of ether oxygens (including phenoxy) is 2. The van der Waals surface area contributed by atoms with Gasteiger partial charge in [-0.1, -0.05) is 0 Å². The molecule has 2 atom stereocenters. The number of rotatable bonds is 5. The maximum absolute atomic E-state index is 5.69. The fourth-order valence-corrected chi connectivity index (χ4v) is 2.37. The van der Waals surface area contributed by atoms with E-state index < -0.39 is 0 Å². The monoisotopic (exact) mass is 228 g/mol. The van der Waals surface area contributed by atoms with Gasteiger partial charge in [-0.15, -0.1) is 0 Å². The van der Waals surface area contributed by atoms with Gasteiger partial charge in [0.25, 0.3) is 0 Å². The number of nitrogens with one attached hydrogen (secondary N) is 1. The first-order chi connectivity index (χ1) is 7.84. The second-order valence-electron chi connectivity index (χ2n) is 4.98. The van der Waals surface area contributed by atoms with Crippen LogP contribution in [0.2, 0.25) is 0 Å². The molecule has 16 heavy (non-hydrogen) atoms. The van der Waals surface area contributed by atoms with Crippen molar-refractivity contribution in [1.29, 1.82) is 0 Å². The third-order valence-corrected chi connectivity index (χ3v) is 3.47. The predicted molar refractivity (Wildman–Crippen MR) is 63.6 cm³/mol. The van der Waals surface area contributed by atoms with E-state index in [0.29, 0.717) is 6.10 Å². The second kappa shape index (κ2) is 6.55. The van der Waals surface area contributed by atoms with Crippen LogP contribution in [0.15, 0.2) is 0 Å². The van der Waals surface area contributed by atoms with E-state index >= 15 is 0 Å². The summed E-state index contributed by atoms with van der Waals surface area (Å²) < 4.78 is 11.1. The minimum Gasteiger partial charge on any atom is -0.381 e. The topological polar surface area (TPSA) is 33.7 Å². The summed E-state index contributed by atoms with van der Waals surface area (Å²) >= 11 is 0. The van der Waals surface area contributed by atoms with E-state index in [0.717, 1.165) is 51.9 Å². The Morgan fingerprint density at radius 2 is 2.31 bits per heavy atom. The molecule has 1 N–H and O–H groups in total. The van der Waals surface area contributed by atoms with Crippen LogP contribution in [-0.2, 0) is 9.47 Å². The first-order valence-electron chi connectivity index (χ1n) is 6.43. The Morgan fingerprint density at radius 1 is 1.38 bits per heavy atom. The standard InChI is InChI=1S/C12H24N2O2/c1-14-5-7-16-12(9-14)8-13-4-2-11-3-6-15-10-11/h11-13H,2-10H2,1H3. The molecule has 0 bridgehead atoms. The largest absolute Gasteiger partial charge is 0.381 e. The van der Waals surface area contributed by atoms with Crippen molar-refractivity contribution in [1.82, 2.24) is 10.2 Å². The molecule has 0 amide bonds. The molecule has 0 radical (unpaired) electrons. The van der Waals surface area contributed by atoms with Crippen LogP contribution in [0.3, 0.4) is 0 Å². The maximum Gasteiger partial charge on any atom is 0.0826 e. The Kier molecular flexibility index (Phi) is 5.03. The predicted octanol–water partition coefficient (Wildman–Crippen LogP) is 0.333. The van der Waals surface area contributed by atoms with E-state index in [-0.39, 0.29) is 0 Å². The van der Waals surface area contributed by atoms with Crippen molar-refractivity contribution in [2.75, 3.05) is 53.0 Å². The Labute approximate surface area is 98.3 Å². The molecule has 2 fully saturated rings. The van der Waals surface area contributed by atoms with Gasteiger partial charge in [0, 0.05) is 32.8 Å². The zero-order valence-corrected chi connectivity index (χ0v) is 10.3. The van der Waals surface area contributed by atoms with Gasteiger partial charge in [0.05, 0.1) is 12.7 Å². The average molecular weight is 228 g/mol.